The molecule has 3 rings (SSSR count). The van der Waals surface area contributed by atoms with Crippen LogP contribution in [0.15, 0.2) is 18.7 Å². The number of rotatable bonds is 4. The first-order chi connectivity index (χ1) is 11.6. The highest BCUT2D eigenvalue weighted by atomic mass is 16.5. The van der Waals surface area contributed by atoms with Crippen molar-refractivity contribution in [2.24, 2.45) is 0 Å². The van der Waals surface area contributed by atoms with Gasteiger partial charge >= 0.3 is 0 Å². The zero-order chi connectivity index (χ0) is 17.1. The lowest BCUT2D eigenvalue weighted by atomic mass is 10.2. The van der Waals surface area contributed by atoms with Gasteiger partial charge in [0.2, 0.25) is 17.7 Å². The van der Waals surface area contributed by atoms with Crippen molar-refractivity contribution in [2.45, 2.75) is 19.9 Å². The van der Waals surface area contributed by atoms with Crippen LogP contribution in [0.5, 0.6) is 5.88 Å². The molecule has 2 aromatic rings. The monoisotopic (exact) mass is 331 g/mol. The van der Waals surface area contributed by atoms with Crippen molar-refractivity contribution < 1.29 is 9.53 Å². The number of methoxy groups -OCH3 is 1. The van der Waals surface area contributed by atoms with Gasteiger partial charge in [-0.15, -0.1) is 0 Å². The third kappa shape index (κ3) is 3.29. The number of carbonyl (C=O) groups excluding carboxylic acids is 1. The Bertz CT molecular complexity index is 696. The molecule has 1 fully saturated rings. The van der Waals surface area contributed by atoms with Gasteiger partial charge in [-0.1, -0.05) is 0 Å². The molecule has 0 radical (unpaired) electrons. The second-order valence-electron chi connectivity index (χ2n) is 5.72. The van der Waals surface area contributed by atoms with E-state index >= 15 is 0 Å². The van der Waals surface area contributed by atoms with Crippen molar-refractivity contribution in [3.8, 4) is 5.88 Å². The molecular weight excluding hydrogens is 310 g/mol. The van der Waals surface area contributed by atoms with E-state index in [-0.39, 0.29) is 11.9 Å². The average Bonchev–Trinajstić information content (AvgIpc) is 3.14. The summed E-state index contributed by atoms with van der Waals surface area (Å²) in [5.41, 5.74) is 0.857. The zero-order valence-electron chi connectivity index (χ0n) is 14.1. The first-order valence-electron chi connectivity index (χ1n) is 7.86. The normalized spacial score (nSPS) is 16.1. The predicted octanol–water partition coefficient (Wildman–Crippen LogP) is 0.295. The van der Waals surface area contributed by atoms with E-state index in [4.69, 9.17) is 4.74 Å². The van der Waals surface area contributed by atoms with Crippen LogP contribution in [0.25, 0.3) is 0 Å². The maximum Gasteiger partial charge on any atom is 0.247 e. The minimum Gasteiger partial charge on any atom is -0.481 e. The molecule has 24 heavy (non-hydrogen) atoms. The zero-order valence-corrected chi connectivity index (χ0v) is 14.1. The largest absolute Gasteiger partial charge is 0.481 e. The van der Waals surface area contributed by atoms with Crippen molar-refractivity contribution in [1.82, 2.24) is 29.6 Å². The summed E-state index contributed by atoms with van der Waals surface area (Å²) in [6.45, 7) is 6.35. The Balaban J connectivity index is 1.63. The number of hydrogen-bond acceptors (Lipinski definition) is 7. The summed E-state index contributed by atoms with van der Waals surface area (Å²) in [6.07, 6.45) is 3.00. The Morgan fingerprint density at radius 3 is 2.62 bits per heavy atom. The highest BCUT2D eigenvalue weighted by molar-refractivity contribution is 5.80. The van der Waals surface area contributed by atoms with E-state index in [1.54, 1.807) is 24.2 Å². The Hall–Kier alpha value is -2.71. The van der Waals surface area contributed by atoms with E-state index in [0.717, 1.165) is 5.69 Å². The Morgan fingerprint density at radius 1 is 1.25 bits per heavy atom. The summed E-state index contributed by atoms with van der Waals surface area (Å²) < 4.78 is 6.77. The minimum absolute atomic E-state index is 0.0443. The first kappa shape index (κ1) is 16.2. The van der Waals surface area contributed by atoms with Gasteiger partial charge in [-0.2, -0.15) is 10.1 Å². The van der Waals surface area contributed by atoms with Crippen molar-refractivity contribution in [3.05, 3.63) is 24.4 Å². The second-order valence-corrected chi connectivity index (χ2v) is 5.72. The van der Waals surface area contributed by atoms with Crippen molar-refractivity contribution in [1.29, 1.82) is 0 Å². The van der Waals surface area contributed by atoms with Crippen LogP contribution in [-0.2, 0) is 4.79 Å². The van der Waals surface area contributed by atoms with Crippen LogP contribution in [0.2, 0.25) is 0 Å². The smallest absolute Gasteiger partial charge is 0.247 e. The molecule has 0 bridgehead atoms. The van der Waals surface area contributed by atoms with Gasteiger partial charge in [-0.25, -0.2) is 14.6 Å². The Kier molecular flexibility index (Phi) is 4.59. The van der Waals surface area contributed by atoms with Crippen LogP contribution in [0.1, 0.15) is 18.7 Å². The summed E-state index contributed by atoms with van der Waals surface area (Å²) in [4.78, 5) is 29.2. The molecule has 9 nitrogen and oxygen atoms in total. The number of amides is 1. The number of ether oxygens (including phenoxy) is 1. The van der Waals surface area contributed by atoms with E-state index in [0.29, 0.717) is 38.0 Å². The number of carbonyl (C=O) groups is 1. The van der Waals surface area contributed by atoms with Gasteiger partial charge in [0.15, 0.2) is 0 Å². The molecule has 2 aromatic heterocycles. The molecule has 1 atom stereocenters. The summed E-state index contributed by atoms with van der Waals surface area (Å²) in [6, 6.07) is 1.44. The summed E-state index contributed by atoms with van der Waals surface area (Å²) in [5.74, 6) is 1.24. The van der Waals surface area contributed by atoms with E-state index in [9.17, 15) is 4.79 Å². The fraction of sp³-hybridized carbons (Fsp3) is 0.533. The van der Waals surface area contributed by atoms with Gasteiger partial charge in [0.05, 0.1) is 7.11 Å². The molecule has 0 aromatic carbocycles. The third-order valence-electron chi connectivity index (χ3n) is 4.09. The summed E-state index contributed by atoms with van der Waals surface area (Å²) in [5, 5.41) is 4.04. The van der Waals surface area contributed by atoms with Crippen LogP contribution in [0, 0.1) is 6.92 Å². The van der Waals surface area contributed by atoms with Gasteiger partial charge in [0.1, 0.15) is 18.7 Å². The van der Waals surface area contributed by atoms with Gasteiger partial charge in [0, 0.05) is 37.9 Å². The fourth-order valence-electron chi connectivity index (χ4n) is 2.69. The van der Waals surface area contributed by atoms with E-state index in [1.165, 1.54) is 6.33 Å². The van der Waals surface area contributed by atoms with Gasteiger partial charge in [0.25, 0.3) is 0 Å². The number of anilines is 1. The van der Waals surface area contributed by atoms with Gasteiger partial charge in [-0.05, 0) is 13.8 Å². The molecule has 0 N–H and O–H groups in total. The molecule has 9 heteroatoms. The van der Waals surface area contributed by atoms with Crippen LogP contribution >= 0.6 is 0 Å². The molecule has 1 saturated heterocycles. The van der Waals surface area contributed by atoms with Crippen LogP contribution in [0.3, 0.4) is 0 Å². The lowest BCUT2D eigenvalue weighted by Crippen LogP contribution is -2.50. The van der Waals surface area contributed by atoms with Crippen molar-refractivity contribution in [2.75, 3.05) is 38.2 Å². The van der Waals surface area contributed by atoms with E-state index < -0.39 is 0 Å². The van der Waals surface area contributed by atoms with Gasteiger partial charge in [-0.3, -0.25) is 4.79 Å². The molecule has 0 aliphatic carbocycles. The first-order valence-corrected chi connectivity index (χ1v) is 7.86. The molecule has 1 unspecified atom stereocenters. The molecule has 1 amide bonds. The van der Waals surface area contributed by atoms with E-state index in [1.807, 2.05) is 18.7 Å². The molecule has 0 saturated carbocycles. The lowest BCUT2D eigenvalue weighted by Gasteiger charge is -2.36. The highest BCUT2D eigenvalue weighted by Crippen LogP contribution is 2.18. The molecule has 1 aliphatic heterocycles. The lowest BCUT2D eigenvalue weighted by molar-refractivity contribution is -0.134. The fourth-order valence-corrected chi connectivity index (χ4v) is 2.69. The standard InChI is InChI=1S/C15H21N7O2/c1-11-8-13(24-3)19-15(18-11)21-6-4-20(5-7-21)14(23)12(2)22-10-16-9-17-22/h8-10,12H,4-7H2,1-3H3. The topological polar surface area (TPSA) is 89.3 Å². The molecule has 3 heterocycles. The van der Waals surface area contributed by atoms with E-state index in [2.05, 4.69) is 25.0 Å². The predicted molar refractivity (Wildman–Crippen MR) is 86.8 cm³/mol. The van der Waals surface area contributed by atoms with Crippen LogP contribution < -0.4 is 9.64 Å². The Morgan fingerprint density at radius 2 is 2.00 bits per heavy atom. The van der Waals surface area contributed by atoms with Gasteiger partial charge < -0.3 is 14.5 Å². The average molecular weight is 331 g/mol. The van der Waals surface area contributed by atoms with Crippen molar-refractivity contribution >= 4 is 11.9 Å². The number of nitrogens with zero attached hydrogens (tertiary/aromatic N) is 7. The quantitative estimate of drug-likeness (QED) is 0.795. The number of hydrogen-bond donors (Lipinski definition) is 0. The summed E-state index contributed by atoms with van der Waals surface area (Å²) in [7, 11) is 1.59. The summed E-state index contributed by atoms with van der Waals surface area (Å²) >= 11 is 0. The molecule has 128 valence electrons. The second kappa shape index (κ2) is 6.81. The SMILES string of the molecule is COc1cc(C)nc(N2CCN(C(=O)C(C)n3cncn3)CC2)n1. The third-order valence-corrected chi connectivity index (χ3v) is 4.09. The maximum absolute atomic E-state index is 12.6. The van der Waals surface area contributed by atoms with Crippen molar-refractivity contribution in [3.63, 3.8) is 0 Å². The molecule has 0 spiro atoms. The molecule has 1 aliphatic rings. The van der Waals surface area contributed by atoms with Crippen LogP contribution in [0.4, 0.5) is 5.95 Å². The number of piperazine rings is 1. The molecular formula is C15H21N7O2. The maximum atomic E-state index is 12.6. The number of aryl methyl sites for hydroxylation is 1. The van der Waals surface area contributed by atoms with Crippen LogP contribution in [-0.4, -0.2) is 68.8 Å². The highest BCUT2D eigenvalue weighted by Gasteiger charge is 2.27. The minimum atomic E-state index is -0.352. The number of aromatic nitrogens is 5. The Labute approximate surface area is 140 Å².